The van der Waals surface area contributed by atoms with E-state index in [2.05, 4.69) is 18.7 Å². The second-order valence-electron chi connectivity index (χ2n) is 4.98. The van der Waals surface area contributed by atoms with Crippen LogP contribution < -0.4 is 5.73 Å². The summed E-state index contributed by atoms with van der Waals surface area (Å²) in [6, 6.07) is 6.97. The fourth-order valence-corrected chi connectivity index (χ4v) is 4.04. The normalized spacial score (nSPS) is 27.1. The van der Waals surface area contributed by atoms with Gasteiger partial charge in [0.2, 0.25) is 0 Å². The van der Waals surface area contributed by atoms with Gasteiger partial charge < -0.3 is 5.73 Å². The van der Waals surface area contributed by atoms with E-state index in [0.29, 0.717) is 17.0 Å². The molecule has 0 saturated carbocycles. The molecule has 1 heterocycles. The predicted octanol–water partition coefficient (Wildman–Crippen LogP) is 2.65. The van der Waals surface area contributed by atoms with Gasteiger partial charge in [0.1, 0.15) is 5.82 Å². The molecule has 0 aliphatic carbocycles. The first-order chi connectivity index (χ1) is 8.61. The second kappa shape index (κ2) is 6.04. The Hall–Kier alpha value is -0.580. The molecule has 2 N–H and O–H groups in total. The van der Waals surface area contributed by atoms with Crippen LogP contribution in [0.2, 0.25) is 0 Å². The molecule has 0 bridgehead atoms. The molecular formula is C14H21FN2S. The van der Waals surface area contributed by atoms with Crippen LogP contribution in [0, 0.1) is 5.82 Å². The summed E-state index contributed by atoms with van der Waals surface area (Å²) in [5.74, 6) is -0.147. The van der Waals surface area contributed by atoms with Crippen molar-refractivity contribution in [3.05, 3.63) is 35.6 Å². The minimum absolute atomic E-state index is 0.00278. The van der Waals surface area contributed by atoms with Gasteiger partial charge in [-0.2, -0.15) is 11.8 Å². The fourth-order valence-electron chi connectivity index (χ4n) is 2.69. The average Bonchev–Trinajstić information content (AvgIpc) is 2.31. The summed E-state index contributed by atoms with van der Waals surface area (Å²) < 4.78 is 13.9. The van der Waals surface area contributed by atoms with Gasteiger partial charge in [-0.1, -0.05) is 32.0 Å². The van der Waals surface area contributed by atoms with Gasteiger partial charge in [0.25, 0.3) is 0 Å². The van der Waals surface area contributed by atoms with Crippen molar-refractivity contribution >= 4 is 11.8 Å². The Kier molecular flexibility index (Phi) is 4.65. The molecule has 0 spiro atoms. The lowest BCUT2D eigenvalue weighted by Gasteiger charge is -2.39. The molecule has 100 valence electrons. The van der Waals surface area contributed by atoms with Gasteiger partial charge in [0, 0.05) is 41.7 Å². The number of hydrogen-bond donors (Lipinski definition) is 1. The largest absolute Gasteiger partial charge is 0.329 e. The summed E-state index contributed by atoms with van der Waals surface area (Å²) in [5.41, 5.74) is 6.61. The Morgan fingerprint density at radius 2 is 1.94 bits per heavy atom. The van der Waals surface area contributed by atoms with E-state index in [1.54, 1.807) is 6.07 Å². The summed E-state index contributed by atoms with van der Waals surface area (Å²) in [6.07, 6.45) is 0. The quantitative estimate of drug-likeness (QED) is 0.914. The van der Waals surface area contributed by atoms with Gasteiger partial charge in [-0.3, -0.25) is 4.90 Å². The third kappa shape index (κ3) is 3.05. The number of benzene rings is 1. The van der Waals surface area contributed by atoms with Crippen molar-refractivity contribution in [3.8, 4) is 0 Å². The molecule has 2 rings (SSSR count). The van der Waals surface area contributed by atoms with Gasteiger partial charge in [0.15, 0.2) is 0 Å². The molecule has 1 saturated heterocycles. The zero-order chi connectivity index (χ0) is 13.1. The Labute approximate surface area is 113 Å². The molecule has 1 aromatic rings. The summed E-state index contributed by atoms with van der Waals surface area (Å²) >= 11 is 2.00. The Morgan fingerprint density at radius 1 is 1.33 bits per heavy atom. The minimum Gasteiger partial charge on any atom is -0.329 e. The fraction of sp³-hybridized carbons (Fsp3) is 0.571. The molecular weight excluding hydrogens is 247 g/mol. The molecule has 18 heavy (non-hydrogen) atoms. The monoisotopic (exact) mass is 268 g/mol. The standard InChI is InChI=1S/C14H21FN2S/c1-10-8-17(9-11(2)18-10)14(7-16)12-5-3-4-6-13(12)15/h3-6,10-11,14H,7-9,16H2,1-2H3. The lowest BCUT2D eigenvalue weighted by Crippen LogP contribution is -2.45. The molecule has 3 unspecified atom stereocenters. The van der Waals surface area contributed by atoms with E-state index in [9.17, 15) is 4.39 Å². The number of thioether (sulfide) groups is 1. The van der Waals surface area contributed by atoms with Crippen molar-refractivity contribution in [1.82, 2.24) is 4.90 Å². The molecule has 4 heteroatoms. The number of nitrogens with two attached hydrogens (primary N) is 1. The highest BCUT2D eigenvalue weighted by molar-refractivity contribution is 8.00. The van der Waals surface area contributed by atoms with E-state index in [1.807, 2.05) is 23.9 Å². The van der Waals surface area contributed by atoms with Gasteiger partial charge in [-0.05, 0) is 6.07 Å². The van der Waals surface area contributed by atoms with Crippen molar-refractivity contribution < 1.29 is 4.39 Å². The molecule has 0 radical (unpaired) electrons. The van der Waals surface area contributed by atoms with Crippen LogP contribution in [0.5, 0.6) is 0 Å². The lowest BCUT2D eigenvalue weighted by atomic mass is 10.0. The first-order valence-electron chi connectivity index (χ1n) is 6.45. The number of nitrogens with zero attached hydrogens (tertiary/aromatic N) is 1. The number of halogens is 1. The predicted molar refractivity (Wildman–Crippen MR) is 76.3 cm³/mol. The Balaban J connectivity index is 2.20. The molecule has 3 atom stereocenters. The first-order valence-corrected chi connectivity index (χ1v) is 7.40. The maximum atomic E-state index is 13.9. The molecule has 1 aliphatic rings. The van der Waals surface area contributed by atoms with Gasteiger partial charge in [-0.15, -0.1) is 0 Å². The van der Waals surface area contributed by atoms with Crippen molar-refractivity contribution in [2.75, 3.05) is 19.6 Å². The zero-order valence-electron chi connectivity index (χ0n) is 11.0. The summed E-state index contributed by atoms with van der Waals surface area (Å²) in [4.78, 5) is 2.32. The average molecular weight is 268 g/mol. The van der Waals surface area contributed by atoms with Crippen molar-refractivity contribution in [2.24, 2.45) is 5.73 Å². The minimum atomic E-state index is -0.147. The highest BCUT2D eigenvalue weighted by Crippen LogP contribution is 2.31. The van der Waals surface area contributed by atoms with E-state index in [0.717, 1.165) is 18.7 Å². The molecule has 2 nitrogen and oxygen atoms in total. The topological polar surface area (TPSA) is 29.3 Å². The van der Waals surface area contributed by atoms with Gasteiger partial charge in [0.05, 0.1) is 0 Å². The highest BCUT2D eigenvalue weighted by atomic mass is 32.2. The van der Waals surface area contributed by atoms with E-state index in [-0.39, 0.29) is 11.9 Å². The van der Waals surface area contributed by atoms with Crippen LogP contribution in [-0.4, -0.2) is 35.0 Å². The Morgan fingerprint density at radius 3 is 2.50 bits per heavy atom. The smallest absolute Gasteiger partial charge is 0.128 e. The van der Waals surface area contributed by atoms with Crippen LogP contribution in [0.3, 0.4) is 0 Å². The van der Waals surface area contributed by atoms with E-state index < -0.39 is 0 Å². The molecule has 0 amide bonds. The van der Waals surface area contributed by atoms with E-state index in [4.69, 9.17) is 5.73 Å². The third-order valence-corrected chi connectivity index (χ3v) is 4.60. The van der Waals surface area contributed by atoms with Crippen molar-refractivity contribution in [3.63, 3.8) is 0 Å². The molecule has 1 aromatic carbocycles. The van der Waals surface area contributed by atoms with Crippen LogP contribution in [0.25, 0.3) is 0 Å². The highest BCUT2D eigenvalue weighted by Gasteiger charge is 2.29. The van der Waals surface area contributed by atoms with Crippen LogP contribution in [-0.2, 0) is 0 Å². The third-order valence-electron chi connectivity index (χ3n) is 3.38. The molecule has 1 fully saturated rings. The van der Waals surface area contributed by atoms with Gasteiger partial charge >= 0.3 is 0 Å². The summed E-state index contributed by atoms with van der Waals surface area (Å²) in [7, 11) is 0. The number of rotatable bonds is 3. The van der Waals surface area contributed by atoms with Crippen molar-refractivity contribution in [1.29, 1.82) is 0 Å². The lowest BCUT2D eigenvalue weighted by molar-refractivity contribution is 0.195. The second-order valence-corrected chi connectivity index (χ2v) is 6.87. The molecule has 0 aromatic heterocycles. The summed E-state index contributed by atoms with van der Waals surface area (Å²) in [6.45, 7) is 6.87. The SMILES string of the molecule is CC1CN(C(CN)c2ccccc2F)CC(C)S1. The van der Waals surface area contributed by atoms with Gasteiger partial charge in [-0.25, -0.2) is 4.39 Å². The van der Waals surface area contributed by atoms with E-state index in [1.165, 1.54) is 6.07 Å². The van der Waals surface area contributed by atoms with Crippen LogP contribution >= 0.6 is 11.8 Å². The van der Waals surface area contributed by atoms with E-state index >= 15 is 0 Å². The zero-order valence-corrected chi connectivity index (χ0v) is 11.8. The van der Waals surface area contributed by atoms with Crippen LogP contribution in [0.15, 0.2) is 24.3 Å². The van der Waals surface area contributed by atoms with Crippen molar-refractivity contribution in [2.45, 2.75) is 30.4 Å². The van der Waals surface area contributed by atoms with Crippen LogP contribution in [0.4, 0.5) is 4.39 Å². The maximum Gasteiger partial charge on any atom is 0.128 e. The number of hydrogen-bond acceptors (Lipinski definition) is 3. The van der Waals surface area contributed by atoms with Crippen LogP contribution in [0.1, 0.15) is 25.5 Å². The molecule has 1 aliphatic heterocycles. The first kappa shape index (κ1) is 13.8. The summed E-state index contributed by atoms with van der Waals surface area (Å²) in [5, 5.41) is 1.16. The maximum absolute atomic E-state index is 13.9. The Bertz CT molecular complexity index is 389.